The predicted octanol–water partition coefficient (Wildman–Crippen LogP) is 2.49. The third-order valence-corrected chi connectivity index (χ3v) is 1.73. The van der Waals surface area contributed by atoms with Crippen LogP contribution in [0.25, 0.3) is 0 Å². The van der Waals surface area contributed by atoms with Gasteiger partial charge in [0.05, 0.1) is 19.8 Å². The Labute approximate surface area is 109 Å². The Morgan fingerprint density at radius 3 is 1.89 bits per heavy atom. The van der Waals surface area contributed by atoms with E-state index in [2.05, 4.69) is 37.5 Å². The lowest BCUT2D eigenvalue weighted by Crippen LogP contribution is -1.87. The zero-order valence-corrected chi connectivity index (χ0v) is 10.9. The zero-order valence-electron chi connectivity index (χ0n) is 10.9. The molecule has 1 N–H and O–H groups in total. The van der Waals surface area contributed by atoms with E-state index in [1.807, 2.05) is 18.2 Å². The van der Waals surface area contributed by atoms with Crippen LogP contribution in [-0.2, 0) is 9.53 Å². The Hall–Kier alpha value is -1.87. The first kappa shape index (κ1) is 16.1. The topological polar surface area (TPSA) is 48.2 Å². The second-order valence-corrected chi connectivity index (χ2v) is 3.55. The van der Waals surface area contributed by atoms with Gasteiger partial charge >= 0.3 is 0 Å². The molecular formula is C15H21NO2. The standard InChI is InChI=1S/C7H8.C6H10O.C2H3NO/c1-7-5-3-2-4-6-7;1-3-5-7-6-4-2;4-2-1-3-2/h2-6H,1H3;3-4H,1-2,5-6H2;1H2,(H,3,4). The van der Waals surface area contributed by atoms with Crippen molar-refractivity contribution in [3.05, 3.63) is 61.2 Å². The summed E-state index contributed by atoms with van der Waals surface area (Å²) in [5.41, 5.74) is 1.32. The maximum atomic E-state index is 9.44. The summed E-state index contributed by atoms with van der Waals surface area (Å²) in [6, 6.07) is 10.3. The van der Waals surface area contributed by atoms with Gasteiger partial charge in [0.25, 0.3) is 0 Å². The number of nitrogens with one attached hydrogen (secondary N) is 1. The molecule has 1 amide bonds. The normalized spacial score (nSPS) is 10.8. The Morgan fingerprint density at radius 2 is 1.67 bits per heavy atom. The minimum absolute atomic E-state index is 0.167. The summed E-state index contributed by atoms with van der Waals surface area (Å²) in [6.07, 6.45) is 3.42. The van der Waals surface area contributed by atoms with Gasteiger partial charge in [0, 0.05) is 0 Å². The van der Waals surface area contributed by atoms with Crippen molar-refractivity contribution in [2.24, 2.45) is 0 Å². The first-order valence-corrected chi connectivity index (χ1v) is 5.78. The average molecular weight is 247 g/mol. The molecule has 1 heterocycles. The molecule has 1 aliphatic heterocycles. The first-order valence-electron chi connectivity index (χ1n) is 5.78. The predicted molar refractivity (Wildman–Crippen MR) is 75.4 cm³/mol. The number of amides is 1. The lowest BCUT2D eigenvalue weighted by molar-refractivity contribution is -0.110. The van der Waals surface area contributed by atoms with Crippen molar-refractivity contribution in [1.29, 1.82) is 0 Å². The van der Waals surface area contributed by atoms with Gasteiger partial charge in [0.1, 0.15) is 0 Å². The van der Waals surface area contributed by atoms with Crippen LogP contribution in [0.1, 0.15) is 5.56 Å². The van der Waals surface area contributed by atoms with Gasteiger partial charge in [-0.2, -0.15) is 0 Å². The van der Waals surface area contributed by atoms with Crippen LogP contribution in [0.2, 0.25) is 0 Å². The quantitative estimate of drug-likeness (QED) is 0.505. The van der Waals surface area contributed by atoms with Crippen LogP contribution in [0.3, 0.4) is 0 Å². The molecule has 0 unspecified atom stereocenters. The van der Waals surface area contributed by atoms with Crippen molar-refractivity contribution in [3.63, 3.8) is 0 Å². The lowest BCUT2D eigenvalue weighted by atomic mass is 10.2. The van der Waals surface area contributed by atoms with E-state index in [-0.39, 0.29) is 5.91 Å². The fourth-order valence-electron chi connectivity index (χ4n) is 0.805. The van der Waals surface area contributed by atoms with E-state index in [9.17, 15) is 4.79 Å². The van der Waals surface area contributed by atoms with Gasteiger partial charge in [-0.25, -0.2) is 0 Å². The SMILES string of the molecule is C=CCOCC=C.Cc1ccccc1.O=C1CN1. The Balaban J connectivity index is 0.000000249. The van der Waals surface area contributed by atoms with Crippen LogP contribution in [0, 0.1) is 6.92 Å². The molecule has 0 aromatic heterocycles. The number of benzene rings is 1. The molecule has 2 rings (SSSR count). The minimum atomic E-state index is 0.167. The summed E-state index contributed by atoms with van der Waals surface area (Å²) in [7, 11) is 0. The molecule has 0 aliphatic carbocycles. The Morgan fingerprint density at radius 1 is 1.22 bits per heavy atom. The van der Waals surface area contributed by atoms with E-state index in [4.69, 9.17) is 4.74 Å². The molecule has 1 saturated heterocycles. The molecule has 18 heavy (non-hydrogen) atoms. The summed E-state index contributed by atoms with van der Waals surface area (Å²) in [4.78, 5) is 9.44. The number of aryl methyl sites for hydroxylation is 1. The molecule has 3 heteroatoms. The van der Waals surface area contributed by atoms with Gasteiger partial charge in [-0.05, 0) is 6.92 Å². The van der Waals surface area contributed by atoms with E-state index in [0.717, 1.165) is 0 Å². The van der Waals surface area contributed by atoms with Crippen molar-refractivity contribution in [2.75, 3.05) is 19.8 Å². The van der Waals surface area contributed by atoms with Crippen LogP contribution >= 0.6 is 0 Å². The number of carbonyl (C=O) groups is 1. The van der Waals surface area contributed by atoms with Gasteiger partial charge in [-0.3, -0.25) is 4.79 Å². The molecule has 1 aromatic rings. The second kappa shape index (κ2) is 11.6. The van der Waals surface area contributed by atoms with Gasteiger partial charge in [-0.1, -0.05) is 48.0 Å². The maximum absolute atomic E-state index is 9.44. The lowest BCUT2D eigenvalue weighted by Gasteiger charge is -1.89. The monoisotopic (exact) mass is 247 g/mol. The van der Waals surface area contributed by atoms with Crippen molar-refractivity contribution >= 4 is 5.91 Å². The number of hydrogen-bond acceptors (Lipinski definition) is 2. The highest BCUT2D eigenvalue weighted by Crippen LogP contribution is 1.92. The number of carbonyl (C=O) groups excluding carboxylic acids is 1. The second-order valence-electron chi connectivity index (χ2n) is 3.55. The number of rotatable bonds is 4. The summed E-state index contributed by atoms with van der Waals surface area (Å²) in [6.45, 7) is 10.9. The van der Waals surface area contributed by atoms with Crippen molar-refractivity contribution in [3.8, 4) is 0 Å². The molecule has 1 aliphatic rings. The fraction of sp³-hybridized carbons (Fsp3) is 0.267. The summed E-state index contributed by atoms with van der Waals surface area (Å²) < 4.78 is 4.90. The average Bonchev–Trinajstić information content (AvgIpc) is 3.15. The van der Waals surface area contributed by atoms with Crippen LogP contribution in [0.15, 0.2) is 55.6 Å². The molecule has 3 nitrogen and oxygen atoms in total. The molecule has 98 valence electrons. The minimum Gasteiger partial charge on any atom is -0.373 e. The van der Waals surface area contributed by atoms with E-state index in [1.165, 1.54) is 5.56 Å². The molecule has 1 aromatic carbocycles. The first-order chi connectivity index (χ1) is 8.70. The van der Waals surface area contributed by atoms with Gasteiger partial charge in [0.2, 0.25) is 5.91 Å². The van der Waals surface area contributed by atoms with Crippen molar-refractivity contribution in [1.82, 2.24) is 5.32 Å². The van der Waals surface area contributed by atoms with Crippen molar-refractivity contribution < 1.29 is 9.53 Å². The third kappa shape index (κ3) is 14.1. The smallest absolute Gasteiger partial charge is 0.239 e. The molecular weight excluding hydrogens is 226 g/mol. The summed E-state index contributed by atoms with van der Waals surface area (Å²) in [5.74, 6) is 0.167. The van der Waals surface area contributed by atoms with Gasteiger partial charge in [-0.15, -0.1) is 13.2 Å². The van der Waals surface area contributed by atoms with Gasteiger partial charge in [0.15, 0.2) is 0 Å². The highest BCUT2D eigenvalue weighted by Gasteiger charge is 2.10. The van der Waals surface area contributed by atoms with Crippen LogP contribution in [0.4, 0.5) is 0 Å². The van der Waals surface area contributed by atoms with E-state index in [0.29, 0.717) is 19.8 Å². The molecule has 0 bridgehead atoms. The number of hydrogen-bond donors (Lipinski definition) is 1. The fourth-order valence-corrected chi connectivity index (χ4v) is 0.805. The molecule has 0 spiro atoms. The van der Waals surface area contributed by atoms with E-state index in [1.54, 1.807) is 12.2 Å². The Bertz CT molecular complexity index is 333. The van der Waals surface area contributed by atoms with Gasteiger partial charge < -0.3 is 10.1 Å². The van der Waals surface area contributed by atoms with E-state index >= 15 is 0 Å². The molecule has 0 saturated carbocycles. The molecule has 0 radical (unpaired) electrons. The highest BCUT2D eigenvalue weighted by atomic mass is 16.5. The number of ether oxygens (including phenoxy) is 1. The largest absolute Gasteiger partial charge is 0.373 e. The molecule has 0 atom stereocenters. The summed E-state index contributed by atoms with van der Waals surface area (Å²) >= 11 is 0. The van der Waals surface area contributed by atoms with Crippen LogP contribution in [0.5, 0.6) is 0 Å². The maximum Gasteiger partial charge on any atom is 0.239 e. The van der Waals surface area contributed by atoms with Crippen LogP contribution in [-0.4, -0.2) is 25.7 Å². The van der Waals surface area contributed by atoms with Crippen LogP contribution < -0.4 is 5.32 Å². The van der Waals surface area contributed by atoms with E-state index < -0.39 is 0 Å². The highest BCUT2D eigenvalue weighted by molar-refractivity contribution is 5.91. The van der Waals surface area contributed by atoms with Crippen molar-refractivity contribution in [2.45, 2.75) is 6.92 Å². The summed E-state index contributed by atoms with van der Waals surface area (Å²) in [5, 5.41) is 2.46. The third-order valence-electron chi connectivity index (χ3n) is 1.73. The zero-order chi connectivity index (χ0) is 13.6. The molecule has 1 fully saturated rings. The Kier molecular flexibility index (Phi) is 10.4.